The van der Waals surface area contributed by atoms with Crippen LogP contribution >= 0.6 is 0 Å². The average Bonchev–Trinajstić information content (AvgIpc) is 2.91. The maximum Gasteiger partial charge on any atom is 0.346 e. The van der Waals surface area contributed by atoms with Crippen molar-refractivity contribution < 1.29 is 28.3 Å². The lowest BCUT2D eigenvalue weighted by molar-refractivity contribution is -0.164. The second-order valence-electron chi connectivity index (χ2n) is 5.57. The van der Waals surface area contributed by atoms with E-state index >= 15 is 0 Å². The van der Waals surface area contributed by atoms with Crippen LogP contribution in [0.15, 0.2) is 28.8 Å². The second kappa shape index (κ2) is 8.32. The van der Waals surface area contributed by atoms with Crippen molar-refractivity contribution >= 4 is 11.9 Å². The highest BCUT2D eigenvalue weighted by Gasteiger charge is 2.18. The Balaban J connectivity index is 1.87. The second-order valence-corrected chi connectivity index (χ2v) is 5.57. The van der Waals surface area contributed by atoms with Gasteiger partial charge in [-0.05, 0) is 38.5 Å². The zero-order chi connectivity index (χ0) is 18.4. The van der Waals surface area contributed by atoms with Gasteiger partial charge in [0.15, 0.2) is 6.10 Å². The van der Waals surface area contributed by atoms with Crippen LogP contribution in [0.1, 0.15) is 29.5 Å². The van der Waals surface area contributed by atoms with Gasteiger partial charge in [0.25, 0.3) is 0 Å². The van der Waals surface area contributed by atoms with Crippen molar-refractivity contribution in [3.05, 3.63) is 46.8 Å². The Kier molecular flexibility index (Phi) is 6.16. The summed E-state index contributed by atoms with van der Waals surface area (Å²) in [5.74, 6) is 0.315. The minimum atomic E-state index is -0.921. The van der Waals surface area contributed by atoms with Crippen LogP contribution in [0.25, 0.3) is 0 Å². The van der Waals surface area contributed by atoms with Crippen LogP contribution in [0.3, 0.4) is 0 Å². The third kappa shape index (κ3) is 5.07. The molecule has 0 saturated heterocycles. The molecule has 0 unspecified atom stereocenters. The van der Waals surface area contributed by atoms with E-state index in [9.17, 15) is 9.59 Å². The van der Waals surface area contributed by atoms with Gasteiger partial charge in [-0.25, -0.2) is 4.79 Å². The van der Waals surface area contributed by atoms with Crippen LogP contribution in [-0.4, -0.2) is 30.3 Å². The van der Waals surface area contributed by atoms with Crippen LogP contribution < -0.4 is 4.74 Å². The lowest BCUT2D eigenvalue weighted by Gasteiger charge is -2.11. The summed E-state index contributed by atoms with van der Waals surface area (Å²) in [6, 6.07) is 7.08. The Hall–Kier alpha value is -2.83. The smallest absolute Gasteiger partial charge is 0.346 e. The number of hydrogen-bond donors (Lipinski definition) is 0. The molecule has 1 aromatic carbocycles. The molecule has 1 atom stereocenters. The standard InChI is InChI=1S/C18H21NO6/c1-11-16(12(2)25-19-11)10-23-15-7-5-14(6-8-15)9-17(20)24-13(3)18(21)22-4/h5-8,13H,9-10H2,1-4H3/t13-/m0/s1. The number of hydrogen-bond acceptors (Lipinski definition) is 7. The van der Waals surface area contributed by atoms with Crippen molar-refractivity contribution in [1.82, 2.24) is 5.16 Å². The molecule has 1 heterocycles. The van der Waals surface area contributed by atoms with E-state index in [1.165, 1.54) is 14.0 Å². The number of aromatic nitrogens is 1. The van der Waals surface area contributed by atoms with Crippen LogP contribution in [0.2, 0.25) is 0 Å². The van der Waals surface area contributed by atoms with Gasteiger partial charge in [-0.2, -0.15) is 0 Å². The van der Waals surface area contributed by atoms with Gasteiger partial charge in [0.1, 0.15) is 18.1 Å². The SMILES string of the molecule is COC(=O)[C@H](C)OC(=O)Cc1ccc(OCc2c(C)noc2C)cc1. The molecule has 7 heteroatoms. The van der Waals surface area contributed by atoms with Crippen LogP contribution in [0.5, 0.6) is 5.75 Å². The fourth-order valence-corrected chi connectivity index (χ4v) is 2.19. The number of carbonyl (C=O) groups excluding carboxylic acids is 2. The maximum atomic E-state index is 11.8. The van der Waals surface area contributed by atoms with Gasteiger partial charge in [0.05, 0.1) is 24.8 Å². The largest absolute Gasteiger partial charge is 0.489 e. The monoisotopic (exact) mass is 347 g/mol. The third-order valence-corrected chi connectivity index (χ3v) is 3.68. The first-order valence-corrected chi connectivity index (χ1v) is 7.81. The molecule has 0 fully saturated rings. The molecule has 0 aliphatic heterocycles. The summed E-state index contributed by atoms with van der Waals surface area (Å²) in [6.45, 7) is 5.52. The van der Waals surface area contributed by atoms with E-state index in [1.54, 1.807) is 24.3 Å². The summed E-state index contributed by atoms with van der Waals surface area (Å²) in [7, 11) is 1.24. The molecule has 0 aliphatic rings. The van der Waals surface area contributed by atoms with Gasteiger partial charge in [-0.15, -0.1) is 0 Å². The van der Waals surface area contributed by atoms with Gasteiger partial charge in [-0.1, -0.05) is 17.3 Å². The quantitative estimate of drug-likeness (QED) is 0.711. The predicted octanol–water partition coefficient (Wildman–Crippen LogP) is 2.52. The number of rotatable bonds is 7. The lowest BCUT2D eigenvalue weighted by atomic mass is 10.1. The zero-order valence-corrected chi connectivity index (χ0v) is 14.7. The fourth-order valence-electron chi connectivity index (χ4n) is 2.19. The molecule has 1 aromatic heterocycles. The third-order valence-electron chi connectivity index (χ3n) is 3.68. The van der Waals surface area contributed by atoms with E-state index in [0.29, 0.717) is 12.4 Å². The van der Waals surface area contributed by atoms with Crippen molar-refractivity contribution in [3.8, 4) is 5.75 Å². The molecule has 0 amide bonds. The Morgan fingerprint density at radius 2 is 1.88 bits per heavy atom. The van der Waals surface area contributed by atoms with Gasteiger partial charge in [0, 0.05) is 0 Å². The highest BCUT2D eigenvalue weighted by molar-refractivity contribution is 5.79. The molecule has 25 heavy (non-hydrogen) atoms. The van der Waals surface area contributed by atoms with Crippen molar-refractivity contribution in [2.24, 2.45) is 0 Å². The number of benzene rings is 1. The van der Waals surface area contributed by atoms with Gasteiger partial charge >= 0.3 is 11.9 Å². The summed E-state index contributed by atoms with van der Waals surface area (Å²) < 4.78 is 20.3. The first kappa shape index (κ1) is 18.5. The van der Waals surface area contributed by atoms with Crippen LogP contribution in [-0.2, 0) is 32.1 Å². The zero-order valence-electron chi connectivity index (χ0n) is 14.7. The molecule has 0 spiro atoms. The number of carbonyl (C=O) groups is 2. The molecule has 0 radical (unpaired) electrons. The van der Waals surface area contributed by atoms with Gasteiger partial charge in [-0.3, -0.25) is 4.79 Å². The topological polar surface area (TPSA) is 87.9 Å². The number of ether oxygens (including phenoxy) is 3. The molecule has 0 aliphatic carbocycles. The average molecular weight is 347 g/mol. The van der Waals surface area contributed by atoms with E-state index in [2.05, 4.69) is 9.89 Å². The molecule has 0 saturated carbocycles. The summed E-state index contributed by atoms with van der Waals surface area (Å²) >= 11 is 0. The van der Waals surface area contributed by atoms with Crippen molar-refractivity contribution in [2.45, 2.75) is 39.9 Å². The summed E-state index contributed by atoms with van der Waals surface area (Å²) in [6.07, 6.45) is -0.860. The molecule has 2 aromatic rings. The van der Waals surface area contributed by atoms with Crippen LogP contribution in [0.4, 0.5) is 0 Å². The maximum absolute atomic E-state index is 11.8. The highest BCUT2D eigenvalue weighted by atomic mass is 16.6. The Morgan fingerprint density at radius 3 is 2.44 bits per heavy atom. The molecule has 2 rings (SSSR count). The van der Waals surface area contributed by atoms with Crippen molar-refractivity contribution in [3.63, 3.8) is 0 Å². The predicted molar refractivity (Wildman–Crippen MR) is 88.0 cm³/mol. The van der Waals surface area contributed by atoms with E-state index in [1.807, 2.05) is 13.8 Å². The normalized spacial score (nSPS) is 11.7. The molecule has 7 nitrogen and oxygen atoms in total. The van der Waals surface area contributed by atoms with E-state index in [4.69, 9.17) is 14.0 Å². The molecular weight excluding hydrogens is 326 g/mol. The first-order valence-electron chi connectivity index (χ1n) is 7.81. The highest BCUT2D eigenvalue weighted by Crippen LogP contribution is 2.18. The Bertz CT molecular complexity index is 715. The fraction of sp³-hybridized carbons (Fsp3) is 0.389. The molecule has 0 bridgehead atoms. The molecule has 134 valence electrons. The Morgan fingerprint density at radius 1 is 1.20 bits per heavy atom. The molecular formula is C18H21NO6. The van der Waals surface area contributed by atoms with Crippen molar-refractivity contribution in [2.75, 3.05) is 7.11 Å². The summed E-state index contributed by atoms with van der Waals surface area (Å²) in [5.41, 5.74) is 2.48. The van der Waals surface area contributed by atoms with Gasteiger partial charge in [0.2, 0.25) is 0 Å². The summed E-state index contributed by atoms with van der Waals surface area (Å²) in [5, 5.41) is 3.88. The number of methoxy groups -OCH3 is 1. The lowest BCUT2D eigenvalue weighted by Crippen LogP contribution is -2.26. The van der Waals surface area contributed by atoms with E-state index in [-0.39, 0.29) is 6.42 Å². The van der Waals surface area contributed by atoms with Gasteiger partial charge < -0.3 is 18.7 Å². The number of nitrogens with zero attached hydrogens (tertiary/aromatic N) is 1. The minimum absolute atomic E-state index is 0.0610. The molecule has 0 N–H and O–H groups in total. The van der Waals surface area contributed by atoms with E-state index in [0.717, 1.165) is 22.6 Å². The number of aryl methyl sites for hydroxylation is 2. The Labute approximate surface area is 145 Å². The summed E-state index contributed by atoms with van der Waals surface area (Å²) in [4.78, 5) is 23.0. The number of esters is 2. The van der Waals surface area contributed by atoms with E-state index < -0.39 is 18.0 Å². The van der Waals surface area contributed by atoms with Crippen molar-refractivity contribution in [1.29, 1.82) is 0 Å². The minimum Gasteiger partial charge on any atom is -0.489 e. The first-order chi connectivity index (χ1) is 11.9. The van der Waals surface area contributed by atoms with Crippen LogP contribution in [0, 0.1) is 13.8 Å².